The maximum atomic E-state index is 11.2. The molecule has 0 saturated heterocycles. The lowest BCUT2D eigenvalue weighted by atomic mass is 10.1. The number of aliphatic hydroxyl groups excluding tert-OH is 1. The van der Waals surface area contributed by atoms with Crippen LogP contribution in [0.1, 0.15) is 22.2 Å². The zero-order valence-electron chi connectivity index (χ0n) is 7.40. The first-order chi connectivity index (χ1) is 6.56. The summed E-state index contributed by atoms with van der Waals surface area (Å²) in [6.45, 7) is 0. The Morgan fingerprint density at radius 1 is 1.50 bits per heavy atom. The molecular formula is C9H9IO4. The SMILES string of the molecule is COC(=O)c1ccc(C(O)O)cc1I. The molecule has 1 aromatic rings. The van der Waals surface area contributed by atoms with Gasteiger partial charge in [-0.2, -0.15) is 0 Å². The molecule has 0 bridgehead atoms. The maximum absolute atomic E-state index is 11.2. The van der Waals surface area contributed by atoms with Gasteiger partial charge in [0.25, 0.3) is 0 Å². The van der Waals surface area contributed by atoms with Crippen LogP contribution in [0.5, 0.6) is 0 Å². The van der Waals surface area contributed by atoms with Crippen molar-refractivity contribution in [1.29, 1.82) is 0 Å². The highest BCUT2D eigenvalue weighted by Gasteiger charge is 2.12. The largest absolute Gasteiger partial charge is 0.465 e. The molecule has 1 rings (SSSR count). The van der Waals surface area contributed by atoms with Crippen LogP contribution >= 0.6 is 22.6 Å². The predicted molar refractivity (Wildman–Crippen MR) is 57.7 cm³/mol. The Labute approximate surface area is 94.7 Å². The summed E-state index contributed by atoms with van der Waals surface area (Å²) in [4.78, 5) is 11.2. The van der Waals surface area contributed by atoms with Crippen molar-refractivity contribution in [2.24, 2.45) is 0 Å². The Bertz CT molecular complexity index is 349. The van der Waals surface area contributed by atoms with Crippen LogP contribution in [0.2, 0.25) is 0 Å². The van der Waals surface area contributed by atoms with E-state index in [-0.39, 0.29) is 0 Å². The van der Waals surface area contributed by atoms with E-state index in [9.17, 15) is 4.79 Å². The maximum Gasteiger partial charge on any atom is 0.338 e. The van der Waals surface area contributed by atoms with E-state index in [4.69, 9.17) is 10.2 Å². The molecule has 0 aliphatic heterocycles. The lowest BCUT2D eigenvalue weighted by Gasteiger charge is -2.06. The molecule has 5 heteroatoms. The van der Waals surface area contributed by atoms with Crippen LogP contribution in [0.25, 0.3) is 0 Å². The van der Waals surface area contributed by atoms with Crippen molar-refractivity contribution < 1.29 is 19.7 Å². The Morgan fingerprint density at radius 3 is 2.57 bits per heavy atom. The summed E-state index contributed by atoms with van der Waals surface area (Å²) in [5.74, 6) is -0.437. The van der Waals surface area contributed by atoms with Gasteiger partial charge in [-0.05, 0) is 34.7 Å². The van der Waals surface area contributed by atoms with Crippen LogP contribution < -0.4 is 0 Å². The van der Waals surface area contributed by atoms with E-state index in [0.29, 0.717) is 14.7 Å². The standard InChI is InChI=1S/C9H9IO4/c1-14-9(13)6-3-2-5(8(11)12)4-7(6)10/h2-4,8,11-12H,1H3. The number of benzene rings is 1. The molecule has 0 unspecified atom stereocenters. The third kappa shape index (κ3) is 2.43. The molecule has 0 radical (unpaired) electrons. The molecule has 0 aliphatic rings. The average molecular weight is 308 g/mol. The van der Waals surface area contributed by atoms with E-state index in [1.54, 1.807) is 0 Å². The minimum atomic E-state index is -1.52. The van der Waals surface area contributed by atoms with Gasteiger partial charge < -0.3 is 14.9 Å². The fourth-order valence-electron chi connectivity index (χ4n) is 0.967. The van der Waals surface area contributed by atoms with E-state index in [1.807, 2.05) is 22.6 Å². The molecule has 14 heavy (non-hydrogen) atoms. The number of methoxy groups -OCH3 is 1. The monoisotopic (exact) mass is 308 g/mol. The average Bonchev–Trinajstić information content (AvgIpc) is 2.16. The van der Waals surface area contributed by atoms with Gasteiger partial charge >= 0.3 is 5.97 Å². The predicted octanol–water partition coefficient (Wildman–Crippen LogP) is 1.06. The Balaban J connectivity index is 3.07. The minimum Gasteiger partial charge on any atom is -0.465 e. The van der Waals surface area contributed by atoms with E-state index >= 15 is 0 Å². The number of hydrogen-bond acceptors (Lipinski definition) is 4. The summed E-state index contributed by atoms with van der Waals surface area (Å²) in [5, 5.41) is 17.7. The lowest BCUT2D eigenvalue weighted by molar-refractivity contribution is -0.0425. The van der Waals surface area contributed by atoms with Crippen molar-refractivity contribution in [2.45, 2.75) is 6.29 Å². The summed E-state index contributed by atoms with van der Waals surface area (Å²) in [7, 11) is 1.30. The van der Waals surface area contributed by atoms with Gasteiger partial charge in [0.15, 0.2) is 6.29 Å². The summed E-state index contributed by atoms with van der Waals surface area (Å²) in [5.41, 5.74) is 0.763. The second kappa shape index (κ2) is 4.72. The fourth-order valence-corrected chi connectivity index (χ4v) is 1.73. The first-order valence-electron chi connectivity index (χ1n) is 3.80. The fraction of sp³-hybridized carbons (Fsp3) is 0.222. The van der Waals surface area contributed by atoms with Gasteiger partial charge in [0, 0.05) is 9.13 Å². The molecule has 0 saturated carbocycles. The number of carbonyl (C=O) groups excluding carboxylic acids is 1. The van der Waals surface area contributed by atoms with Crippen LogP contribution in [0.3, 0.4) is 0 Å². The summed E-state index contributed by atoms with van der Waals surface area (Å²) in [6.07, 6.45) is -1.52. The third-order valence-corrected chi connectivity index (χ3v) is 2.59. The van der Waals surface area contributed by atoms with Crippen LogP contribution in [0.4, 0.5) is 0 Å². The van der Waals surface area contributed by atoms with Crippen LogP contribution in [-0.2, 0) is 4.74 Å². The number of rotatable bonds is 2. The van der Waals surface area contributed by atoms with Crippen molar-refractivity contribution in [1.82, 2.24) is 0 Å². The quantitative estimate of drug-likeness (QED) is 0.487. The molecule has 4 nitrogen and oxygen atoms in total. The van der Waals surface area contributed by atoms with Crippen molar-refractivity contribution in [3.63, 3.8) is 0 Å². The van der Waals surface area contributed by atoms with Gasteiger partial charge in [0.1, 0.15) is 0 Å². The van der Waals surface area contributed by atoms with Gasteiger partial charge in [-0.15, -0.1) is 0 Å². The Kier molecular flexibility index (Phi) is 3.85. The number of ether oxygens (including phenoxy) is 1. The number of esters is 1. The molecule has 0 atom stereocenters. The Hall–Kier alpha value is -0.660. The van der Waals surface area contributed by atoms with E-state index in [2.05, 4.69) is 4.74 Å². The smallest absolute Gasteiger partial charge is 0.338 e. The normalized spacial score (nSPS) is 10.4. The molecule has 2 N–H and O–H groups in total. The van der Waals surface area contributed by atoms with Crippen molar-refractivity contribution in [3.05, 3.63) is 32.9 Å². The van der Waals surface area contributed by atoms with Crippen molar-refractivity contribution in [3.8, 4) is 0 Å². The van der Waals surface area contributed by atoms with Crippen LogP contribution in [0, 0.1) is 3.57 Å². The molecule has 76 valence electrons. The molecule has 0 amide bonds. The number of aliphatic hydroxyl groups is 2. The minimum absolute atomic E-state index is 0.349. The zero-order valence-corrected chi connectivity index (χ0v) is 9.56. The molecular weight excluding hydrogens is 299 g/mol. The third-order valence-electron chi connectivity index (χ3n) is 1.70. The van der Waals surface area contributed by atoms with Gasteiger partial charge in [0.05, 0.1) is 12.7 Å². The molecule has 0 fully saturated rings. The zero-order chi connectivity index (χ0) is 10.7. The van der Waals surface area contributed by atoms with Gasteiger partial charge in [0.2, 0.25) is 0 Å². The highest BCUT2D eigenvalue weighted by Crippen LogP contribution is 2.18. The lowest BCUT2D eigenvalue weighted by Crippen LogP contribution is -2.05. The van der Waals surface area contributed by atoms with Crippen molar-refractivity contribution in [2.75, 3.05) is 7.11 Å². The molecule has 0 aliphatic carbocycles. The molecule has 1 aromatic carbocycles. The second-order valence-electron chi connectivity index (χ2n) is 2.60. The van der Waals surface area contributed by atoms with E-state index < -0.39 is 12.3 Å². The topological polar surface area (TPSA) is 66.8 Å². The second-order valence-corrected chi connectivity index (χ2v) is 3.77. The molecule has 0 heterocycles. The van der Waals surface area contributed by atoms with Gasteiger partial charge in [-0.3, -0.25) is 0 Å². The molecule has 0 aromatic heterocycles. The number of halogens is 1. The summed E-state index contributed by atoms with van der Waals surface area (Å²) in [6, 6.07) is 4.50. The van der Waals surface area contributed by atoms with Crippen molar-refractivity contribution >= 4 is 28.6 Å². The highest BCUT2D eigenvalue weighted by atomic mass is 127. The summed E-state index contributed by atoms with van der Waals surface area (Å²) >= 11 is 1.93. The van der Waals surface area contributed by atoms with Gasteiger partial charge in [-0.1, -0.05) is 6.07 Å². The number of carbonyl (C=O) groups is 1. The highest BCUT2D eigenvalue weighted by molar-refractivity contribution is 14.1. The van der Waals surface area contributed by atoms with E-state index in [1.165, 1.54) is 25.3 Å². The first-order valence-corrected chi connectivity index (χ1v) is 4.88. The van der Waals surface area contributed by atoms with Gasteiger partial charge in [-0.25, -0.2) is 4.79 Å². The summed E-state index contributed by atoms with van der Waals surface area (Å²) < 4.78 is 5.17. The first kappa shape index (κ1) is 11.4. The number of hydrogen-bond donors (Lipinski definition) is 2. The van der Waals surface area contributed by atoms with E-state index in [0.717, 1.165) is 0 Å². The molecule has 0 spiro atoms. The Morgan fingerprint density at radius 2 is 2.14 bits per heavy atom. The van der Waals surface area contributed by atoms with Crippen LogP contribution in [-0.4, -0.2) is 23.3 Å². The van der Waals surface area contributed by atoms with Crippen LogP contribution in [0.15, 0.2) is 18.2 Å².